The van der Waals surface area contributed by atoms with Gasteiger partial charge in [0, 0.05) is 18.7 Å². The maximum absolute atomic E-state index is 12.8. The molecule has 0 radical (unpaired) electrons. The normalized spacial score (nSPS) is 27.5. The molecule has 2 atom stereocenters. The molecule has 2 amide bonds. The van der Waals surface area contributed by atoms with E-state index in [9.17, 15) is 9.59 Å². The lowest BCUT2D eigenvalue weighted by atomic mass is 9.48. The zero-order valence-corrected chi connectivity index (χ0v) is 15.0. The van der Waals surface area contributed by atoms with E-state index < -0.39 is 5.41 Å². The Morgan fingerprint density at radius 1 is 1.25 bits per heavy atom. The number of aryl methyl sites for hydroxylation is 1. The van der Waals surface area contributed by atoms with Crippen molar-refractivity contribution in [2.45, 2.75) is 46.5 Å². The first kappa shape index (κ1) is 17.0. The summed E-state index contributed by atoms with van der Waals surface area (Å²) in [5, 5.41) is 0. The number of amides is 2. The minimum absolute atomic E-state index is 0.0165. The Balaban J connectivity index is 1.73. The van der Waals surface area contributed by atoms with Crippen molar-refractivity contribution in [1.82, 2.24) is 4.90 Å². The van der Waals surface area contributed by atoms with Crippen LogP contribution in [-0.2, 0) is 11.2 Å². The number of benzene rings is 1. The van der Waals surface area contributed by atoms with Gasteiger partial charge in [-0.2, -0.15) is 0 Å². The van der Waals surface area contributed by atoms with Crippen LogP contribution in [0, 0.1) is 16.7 Å². The van der Waals surface area contributed by atoms with Gasteiger partial charge in [-0.1, -0.05) is 39.3 Å². The van der Waals surface area contributed by atoms with Crippen LogP contribution in [0.25, 0.3) is 0 Å². The molecule has 0 aromatic heterocycles. The number of carbonyl (C=O) groups excluding carboxylic acids is 2. The van der Waals surface area contributed by atoms with E-state index in [-0.39, 0.29) is 23.1 Å². The van der Waals surface area contributed by atoms with Crippen LogP contribution in [0.5, 0.6) is 0 Å². The van der Waals surface area contributed by atoms with Crippen molar-refractivity contribution in [3.05, 3.63) is 35.4 Å². The molecular formula is C20H28N2O2. The number of likely N-dealkylation sites (tertiary alicyclic amines) is 1. The van der Waals surface area contributed by atoms with Crippen LogP contribution in [0.1, 0.15) is 56.0 Å². The highest BCUT2D eigenvalue weighted by molar-refractivity contribution is 5.95. The summed E-state index contributed by atoms with van der Waals surface area (Å²) in [6.07, 6.45) is 4.16. The van der Waals surface area contributed by atoms with Crippen LogP contribution in [0.2, 0.25) is 0 Å². The largest absolute Gasteiger partial charge is 0.369 e. The van der Waals surface area contributed by atoms with Gasteiger partial charge in [-0.3, -0.25) is 9.59 Å². The first-order valence-corrected chi connectivity index (χ1v) is 8.98. The number of hydrogen-bond acceptors (Lipinski definition) is 2. The summed E-state index contributed by atoms with van der Waals surface area (Å²) in [4.78, 5) is 26.7. The van der Waals surface area contributed by atoms with Crippen LogP contribution in [-0.4, -0.2) is 29.8 Å². The third kappa shape index (κ3) is 2.62. The van der Waals surface area contributed by atoms with Crippen molar-refractivity contribution in [2.24, 2.45) is 22.5 Å². The molecule has 2 N–H and O–H groups in total. The Morgan fingerprint density at radius 2 is 1.92 bits per heavy atom. The zero-order valence-electron chi connectivity index (χ0n) is 15.0. The Kier molecular flexibility index (Phi) is 4.18. The predicted octanol–water partition coefficient (Wildman–Crippen LogP) is 3.00. The summed E-state index contributed by atoms with van der Waals surface area (Å²) < 4.78 is 0. The molecule has 1 heterocycles. The van der Waals surface area contributed by atoms with Gasteiger partial charge in [-0.25, -0.2) is 0 Å². The van der Waals surface area contributed by atoms with Gasteiger partial charge in [-0.15, -0.1) is 0 Å². The number of rotatable bonds is 5. The van der Waals surface area contributed by atoms with E-state index in [1.165, 1.54) is 12.0 Å². The molecule has 1 aliphatic heterocycles. The first-order valence-electron chi connectivity index (χ1n) is 8.98. The fraction of sp³-hybridized carbons (Fsp3) is 0.600. The fourth-order valence-corrected chi connectivity index (χ4v) is 4.76. The molecule has 2 aliphatic rings. The van der Waals surface area contributed by atoms with Crippen LogP contribution in [0.4, 0.5) is 0 Å². The summed E-state index contributed by atoms with van der Waals surface area (Å²) in [6, 6.07) is 7.91. The SMILES string of the molecule is CCCCc1ccc(C(=O)N2C[C@@H]3C(C)(C)C[C@]3(C(N)=O)C2)cc1. The summed E-state index contributed by atoms with van der Waals surface area (Å²) in [5.74, 6) is -0.0600. The van der Waals surface area contributed by atoms with E-state index >= 15 is 0 Å². The van der Waals surface area contributed by atoms with E-state index in [1.807, 2.05) is 29.2 Å². The quantitative estimate of drug-likeness (QED) is 0.903. The van der Waals surface area contributed by atoms with Crippen molar-refractivity contribution in [3.63, 3.8) is 0 Å². The number of nitrogens with two attached hydrogens (primary N) is 1. The highest BCUT2D eigenvalue weighted by Crippen LogP contribution is 2.62. The third-order valence-corrected chi connectivity index (χ3v) is 6.06. The van der Waals surface area contributed by atoms with E-state index in [4.69, 9.17) is 5.73 Å². The maximum Gasteiger partial charge on any atom is 0.253 e. The third-order valence-electron chi connectivity index (χ3n) is 6.06. The van der Waals surface area contributed by atoms with Crippen molar-refractivity contribution in [1.29, 1.82) is 0 Å². The number of primary amides is 1. The molecule has 1 aromatic rings. The molecular weight excluding hydrogens is 300 g/mol. The predicted molar refractivity (Wildman–Crippen MR) is 94.5 cm³/mol. The van der Waals surface area contributed by atoms with Gasteiger partial charge in [0.05, 0.1) is 5.41 Å². The van der Waals surface area contributed by atoms with Crippen LogP contribution < -0.4 is 5.73 Å². The molecule has 0 spiro atoms. The Labute approximate surface area is 144 Å². The fourth-order valence-electron chi connectivity index (χ4n) is 4.76. The second-order valence-electron chi connectivity index (χ2n) is 8.22. The average molecular weight is 328 g/mol. The summed E-state index contributed by atoms with van der Waals surface area (Å²) in [6.45, 7) is 7.60. The second kappa shape index (κ2) is 5.91. The number of hydrogen-bond donors (Lipinski definition) is 1. The van der Waals surface area contributed by atoms with E-state index in [2.05, 4.69) is 20.8 Å². The molecule has 0 bridgehead atoms. The average Bonchev–Trinajstić information content (AvgIpc) is 2.89. The van der Waals surface area contributed by atoms with Gasteiger partial charge >= 0.3 is 0 Å². The van der Waals surface area contributed by atoms with Crippen LogP contribution in [0.15, 0.2) is 24.3 Å². The zero-order chi connectivity index (χ0) is 17.5. The van der Waals surface area contributed by atoms with E-state index in [1.54, 1.807) is 0 Å². The summed E-state index contributed by atoms with van der Waals surface area (Å²) in [7, 11) is 0. The molecule has 2 fully saturated rings. The van der Waals surface area contributed by atoms with E-state index in [0.717, 1.165) is 19.3 Å². The number of fused-ring (bicyclic) bond motifs is 1. The molecule has 4 nitrogen and oxygen atoms in total. The highest BCUT2D eigenvalue weighted by atomic mass is 16.2. The van der Waals surface area contributed by atoms with Gasteiger partial charge in [0.2, 0.25) is 5.91 Å². The molecule has 1 aliphatic carbocycles. The maximum atomic E-state index is 12.8. The molecule has 1 saturated carbocycles. The van der Waals surface area contributed by atoms with Gasteiger partial charge in [0.25, 0.3) is 5.91 Å². The van der Waals surface area contributed by atoms with Gasteiger partial charge in [0.1, 0.15) is 0 Å². The standard InChI is InChI=1S/C20H28N2O2/c1-4-5-6-14-7-9-15(10-8-14)17(23)22-11-16-19(2,3)12-20(16,13-22)18(21)24/h7-10,16H,4-6,11-13H2,1-3H3,(H2,21,24)/t16-,20+/m1/s1. The van der Waals surface area contributed by atoms with Crippen molar-refractivity contribution >= 4 is 11.8 Å². The summed E-state index contributed by atoms with van der Waals surface area (Å²) >= 11 is 0. The van der Waals surface area contributed by atoms with Crippen molar-refractivity contribution < 1.29 is 9.59 Å². The van der Waals surface area contributed by atoms with Crippen LogP contribution in [0.3, 0.4) is 0 Å². The topological polar surface area (TPSA) is 63.4 Å². The first-order chi connectivity index (χ1) is 11.3. The Bertz CT molecular complexity index is 650. The minimum Gasteiger partial charge on any atom is -0.369 e. The lowest BCUT2D eigenvalue weighted by molar-refractivity contribution is -0.148. The Hall–Kier alpha value is -1.84. The second-order valence-corrected chi connectivity index (χ2v) is 8.22. The minimum atomic E-state index is -0.514. The summed E-state index contributed by atoms with van der Waals surface area (Å²) in [5.41, 5.74) is 7.22. The van der Waals surface area contributed by atoms with Gasteiger partial charge in [-0.05, 0) is 48.3 Å². The smallest absolute Gasteiger partial charge is 0.253 e. The van der Waals surface area contributed by atoms with Gasteiger partial charge in [0.15, 0.2) is 0 Å². The molecule has 4 heteroatoms. The molecule has 130 valence electrons. The lowest BCUT2D eigenvalue weighted by Crippen LogP contribution is -2.59. The highest BCUT2D eigenvalue weighted by Gasteiger charge is 2.66. The van der Waals surface area contributed by atoms with E-state index in [0.29, 0.717) is 18.7 Å². The van der Waals surface area contributed by atoms with Crippen molar-refractivity contribution in [2.75, 3.05) is 13.1 Å². The molecule has 0 unspecified atom stereocenters. The lowest BCUT2D eigenvalue weighted by Gasteiger charge is -2.54. The van der Waals surface area contributed by atoms with Crippen molar-refractivity contribution in [3.8, 4) is 0 Å². The van der Waals surface area contributed by atoms with Crippen LogP contribution >= 0.6 is 0 Å². The number of carbonyl (C=O) groups is 2. The molecule has 24 heavy (non-hydrogen) atoms. The number of nitrogens with zero attached hydrogens (tertiary/aromatic N) is 1. The van der Waals surface area contributed by atoms with Gasteiger partial charge < -0.3 is 10.6 Å². The molecule has 1 aromatic carbocycles. The number of unbranched alkanes of at least 4 members (excludes halogenated alkanes) is 1. The monoisotopic (exact) mass is 328 g/mol. The molecule has 1 saturated heterocycles. The molecule has 3 rings (SSSR count). The Morgan fingerprint density at radius 3 is 2.42 bits per heavy atom.